The molecule has 0 spiro atoms. The van der Waals surface area contributed by atoms with E-state index in [1.807, 2.05) is 0 Å². The first-order valence-corrected chi connectivity index (χ1v) is 9.48. The maximum Gasteiger partial charge on any atom is 0 e. The van der Waals surface area contributed by atoms with Crippen LogP contribution in [0.3, 0.4) is 0 Å². The van der Waals surface area contributed by atoms with Crippen molar-refractivity contribution in [1.29, 1.82) is 0 Å². The van der Waals surface area contributed by atoms with E-state index in [2.05, 4.69) is 79.7 Å². The zero-order valence-corrected chi connectivity index (χ0v) is 21.3. The van der Waals surface area contributed by atoms with Crippen LogP contribution in [0.25, 0.3) is 10.8 Å². The van der Waals surface area contributed by atoms with E-state index in [0.29, 0.717) is 5.41 Å². The predicted octanol–water partition coefficient (Wildman–Crippen LogP) is 6.94. The Balaban J connectivity index is 0.000000195. The predicted molar refractivity (Wildman–Crippen MR) is 111 cm³/mol. The molecule has 0 radical (unpaired) electrons. The fourth-order valence-corrected chi connectivity index (χ4v) is 4.32. The number of hydrogen-bond donors (Lipinski definition) is 0. The van der Waals surface area contributed by atoms with Crippen molar-refractivity contribution < 1.29 is 25.8 Å². The van der Waals surface area contributed by atoms with E-state index in [0.717, 1.165) is 0 Å². The van der Waals surface area contributed by atoms with E-state index in [9.17, 15) is 0 Å². The molecule has 3 aromatic carbocycles. The van der Waals surface area contributed by atoms with Gasteiger partial charge in [0.1, 0.15) is 0 Å². The Kier molecular flexibility index (Phi) is 6.23. The Morgan fingerprint density at radius 1 is 0.846 bits per heavy atom. The molecule has 0 saturated heterocycles. The molecule has 0 aliphatic heterocycles. The van der Waals surface area contributed by atoms with Crippen molar-refractivity contribution in [2.24, 2.45) is 5.41 Å². The molecule has 0 N–H and O–H groups in total. The van der Waals surface area contributed by atoms with Gasteiger partial charge in [-0.25, -0.2) is 0 Å². The second-order valence-electron chi connectivity index (χ2n) is 8.87. The van der Waals surface area contributed by atoms with Gasteiger partial charge in [0, 0.05) is 25.8 Å². The van der Waals surface area contributed by atoms with Crippen molar-refractivity contribution in [2.75, 3.05) is 0 Å². The number of rotatable bonds is 0. The summed E-state index contributed by atoms with van der Waals surface area (Å²) in [6.07, 6.45) is 2.48. The van der Waals surface area contributed by atoms with Crippen LogP contribution in [0.2, 0.25) is 0 Å². The zero-order chi connectivity index (χ0) is 18.5. The van der Waals surface area contributed by atoms with Crippen LogP contribution in [0.5, 0.6) is 0 Å². The Bertz CT molecular complexity index is 851. The van der Waals surface area contributed by atoms with Crippen LogP contribution < -0.4 is 0 Å². The van der Waals surface area contributed by atoms with Crippen LogP contribution in [0.1, 0.15) is 58.4 Å². The summed E-state index contributed by atoms with van der Waals surface area (Å²) < 4.78 is 0. The van der Waals surface area contributed by atoms with Crippen LogP contribution in [0, 0.1) is 47.0 Å². The molecule has 0 unspecified atom stereocenters. The average Bonchev–Trinajstić information content (AvgIpc) is 3.11. The molecular weight excluding hydrogens is 479 g/mol. The fraction of sp³-hybridized carbons (Fsp3) is 0.440. The molecule has 0 fully saturated rings. The van der Waals surface area contributed by atoms with Gasteiger partial charge in [0.05, 0.1) is 0 Å². The molecule has 1 aliphatic rings. The van der Waals surface area contributed by atoms with Crippen LogP contribution in [-0.2, 0) is 38.7 Å². The summed E-state index contributed by atoms with van der Waals surface area (Å²) in [5.74, 6) is 0. The SMILES string of the molecule is C[c-]1ccc2cc3c(cc21)CC(C)(C)C3.Cc1c(C)c(C)[c-](C)c1C.[Hf]. The second kappa shape index (κ2) is 7.58. The standard InChI is InChI=1S/C15H17.C10H15.Hf/c1-10-4-5-11-6-12-8-15(2,3)9-13(12)7-14(10)11;1-6-7(2)9(4)10(5)8(6)3;/h4-7H,8-9H2,1-3H3;1-5H3;/q2*-1;. The van der Waals surface area contributed by atoms with Crippen LogP contribution in [0.4, 0.5) is 0 Å². The van der Waals surface area contributed by atoms with Gasteiger partial charge in [-0.15, -0.1) is 28.5 Å². The fourth-order valence-electron chi connectivity index (χ4n) is 4.32. The molecule has 1 heteroatoms. The monoisotopic (exact) mass is 512 g/mol. The van der Waals surface area contributed by atoms with Crippen LogP contribution in [0.15, 0.2) is 24.3 Å². The minimum atomic E-state index is 0. The maximum atomic E-state index is 2.41. The van der Waals surface area contributed by atoms with Crippen molar-refractivity contribution in [2.45, 2.75) is 68.2 Å². The Hall–Kier alpha value is -0.950. The molecule has 0 bridgehead atoms. The molecule has 0 nitrogen and oxygen atoms in total. The van der Waals surface area contributed by atoms with Crippen molar-refractivity contribution in [3.8, 4) is 0 Å². The van der Waals surface area contributed by atoms with E-state index in [1.165, 1.54) is 57.0 Å². The molecule has 138 valence electrons. The van der Waals surface area contributed by atoms with Crippen molar-refractivity contribution >= 4 is 10.8 Å². The van der Waals surface area contributed by atoms with E-state index < -0.39 is 0 Å². The van der Waals surface area contributed by atoms with E-state index >= 15 is 0 Å². The number of aryl methyl sites for hydroxylation is 1. The maximum absolute atomic E-state index is 2.41. The third-order valence-corrected chi connectivity index (χ3v) is 6.46. The molecule has 0 amide bonds. The summed E-state index contributed by atoms with van der Waals surface area (Å²) in [4.78, 5) is 0. The molecule has 0 atom stereocenters. The topological polar surface area (TPSA) is 0 Å². The van der Waals surface area contributed by atoms with Gasteiger partial charge in [-0.1, -0.05) is 66.5 Å². The summed E-state index contributed by atoms with van der Waals surface area (Å²) >= 11 is 0. The zero-order valence-electron chi connectivity index (χ0n) is 17.7. The quantitative estimate of drug-likeness (QED) is 0.227. The summed E-state index contributed by atoms with van der Waals surface area (Å²) in [6, 6.07) is 9.28. The summed E-state index contributed by atoms with van der Waals surface area (Å²) in [5, 5.41) is 2.87. The van der Waals surface area contributed by atoms with Gasteiger partial charge in [-0.05, 0) is 18.3 Å². The largest absolute Gasteiger partial charge is 0.196 e. The van der Waals surface area contributed by atoms with Gasteiger partial charge in [-0.2, -0.15) is 39.9 Å². The second-order valence-corrected chi connectivity index (χ2v) is 8.87. The molecule has 0 saturated carbocycles. The summed E-state index contributed by atoms with van der Waals surface area (Å²) in [7, 11) is 0. The van der Waals surface area contributed by atoms with Crippen molar-refractivity contribution in [3.05, 3.63) is 68.8 Å². The molecule has 26 heavy (non-hydrogen) atoms. The van der Waals surface area contributed by atoms with Crippen molar-refractivity contribution in [3.63, 3.8) is 0 Å². The Morgan fingerprint density at radius 3 is 1.81 bits per heavy atom. The number of fused-ring (bicyclic) bond motifs is 2. The molecular formula is C25H32Hf-2. The van der Waals surface area contributed by atoms with Gasteiger partial charge in [0.2, 0.25) is 0 Å². The molecule has 3 aromatic rings. The minimum Gasteiger partial charge on any atom is -0.196 e. The number of benzene rings is 1. The first kappa shape index (κ1) is 21.4. The van der Waals surface area contributed by atoms with Gasteiger partial charge in [0.25, 0.3) is 0 Å². The summed E-state index contributed by atoms with van der Waals surface area (Å²) in [6.45, 7) is 17.9. The Morgan fingerprint density at radius 2 is 1.35 bits per heavy atom. The third-order valence-electron chi connectivity index (χ3n) is 6.46. The van der Waals surface area contributed by atoms with E-state index in [4.69, 9.17) is 0 Å². The minimum absolute atomic E-state index is 0. The van der Waals surface area contributed by atoms with Gasteiger partial charge >= 0.3 is 0 Å². The summed E-state index contributed by atoms with van der Waals surface area (Å²) in [5.41, 5.74) is 12.4. The first-order valence-electron chi connectivity index (χ1n) is 9.48. The molecule has 0 heterocycles. The molecule has 4 rings (SSSR count). The normalized spacial score (nSPS) is 14.6. The van der Waals surface area contributed by atoms with Gasteiger partial charge in [-0.3, -0.25) is 0 Å². The van der Waals surface area contributed by atoms with Gasteiger partial charge in [0.15, 0.2) is 0 Å². The average molecular weight is 511 g/mol. The van der Waals surface area contributed by atoms with E-state index in [-0.39, 0.29) is 25.8 Å². The van der Waals surface area contributed by atoms with Crippen LogP contribution in [-0.4, -0.2) is 0 Å². The molecule has 1 aliphatic carbocycles. The van der Waals surface area contributed by atoms with Crippen molar-refractivity contribution in [1.82, 2.24) is 0 Å². The smallest absolute Gasteiger partial charge is 0 e. The van der Waals surface area contributed by atoms with Gasteiger partial charge < -0.3 is 0 Å². The third kappa shape index (κ3) is 3.84. The van der Waals surface area contributed by atoms with Crippen LogP contribution >= 0.6 is 0 Å². The van der Waals surface area contributed by atoms with E-state index in [1.54, 1.807) is 11.1 Å². The first-order chi connectivity index (χ1) is 11.6. The molecule has 0 aromatic heterocycles. The Labute approximate surface area is 178 Å². The number of hydrogen-bond acceptors (Lipinski definition) is 0.